The van der Waals surface area contributed by atoms with Crippen LogP contribution in [-0.4, -0.2) is 27.2 Å². The first-order chi connectivity index (χ1) is 9.88. The minimum atomic E-state index is -1.26. The van der Waals surface area contributed by atoms with Gasteiger partial charge in [-0.25, -0.2) is 4.79 Å². The van der Waals surface area contributed by atoms with Crippen LogP contribution < -0.4 is 5.32 Å². The number of aromatic hydroxyl groups is 2. The van der Waals surface area contributed by atoms with E-state index in [1.165, 1.54) is 24.3 Å². The van der Waals surface area contributed by atoms with Gasteiger partial charge in [-0.1, -0.05) is 11.6 Å². The van der Waals surface area contributed by atoms with E-state index < -0.39 is 17.6 Å². The minimum Gasteiger partial charge on any atom is -0.507 e. The van der Waals surface area contributed by atoms with Gasteiger partial charge < -0.3 is 20.6 Å². The number of carboxylic acids is 1. The molecule has 0 heterocycles. The highest BCUT2D eigenvalue weighted by atomic mass is 16.4. The van der Waals surface area contributed by atoms with Crippen molar-refractivity contribution in [2.24, 2.45) is 0 Å². The molecule has 0 unspecified atom stereocenters. The zero-order chi connectivity index (χ0) is 15.6. The molecule has 4 N–H and O–H groups in total. The predicted octanol–water partition coefficient (Wildman–Crippen LogP) is 2.36. The van der Waals surface area contributed by atoms with E-state index in [9.17, 15) is 19.8 Å². The van der Waals surface area contributed by atoms with Crippen molar-refractivity contribution in [3.05, 3.63) is 53.1 Å². The van der Waals surface area contributed by atoms with Crippen LogP contribution in [0.5, 0.6) is 11.5 Å². The fraction of sp³-hybridized carbons (Fsp3) is 0.0667. The van der Waals surface area contributed by atoms with Gasteiger partial charge in [-0.2, -0.15) is 0 Å². The fourth-order valence-corrected chi connectivity index (χ4v) is 1.82. The Kier molecular flexibility index (Phi) is 3.80. The van der Waals surface area contributed by atoms with Crippen LogP contribution in [0, 0.1) is 6.92 Å². The first-order valence-corrected chi connectivity index (χ1v) is 6.06. The maximum absolute atomic E-state index is 12.0. The standard InChI is InChI=1S/C15H13NO5/c1-8-2-5-12(17)11(6-8)14(19)16-9-3-4-10(15(20)21)13(18)7-9/h2-7,17-18H,1H3,(H,16,19)(H,20,21). The van der Waals surface area contributed by atoms with Gasteiger partial charge in [-0.05, 0) is 31.2 Å². The zero-order valence-electron chi connectivity index (χ0n) is 11.1. The number of anilines is 1. The molecule has 2 rings (SSSR count). The molecule has 0 fully saturated rings. The van der Waals surface area contributed by atoms with E-state index in [2.05, 4.69) is 5.32 Å². The van der Waals surface area contributed by atoms with Gasteiger partial charge in [0.25, 0.3) is 5.91 Å². The summed E-state index contributed by atoms with van der Waals surface area (Å²) in [6.45, 7) is 1.78. The van der Waals surface area contributed by atoms with Crippen LogP contribution in [0.2, 0.25) is 0 Å². The molecule has 0 aliphatic carbocycles. The number of carbonyl (C=O) groups excluding carboxylic acids is 1. The number of carboxylic acid groups (broad SMARTS) is 1. The Labute approximate surface area is 120 Å². The Morgan fingerprint density at radius 1 is 0.952 bits per heavy atom. The Morgan fingerprint density at radius 2 is 1.67 bits per heavy atom. The number of rotatable bonds is 3. The van der Waals surface area contributed by atoms with Crippen molar-refractivity contribution in [3.63, 3.8) is 0 Å². The SMILES string of the molecule is Cc1ccc(O)c(C(=O)Nc2ccc(C(=O)O)c(O)c2)c1. The molecule has 0 bridgehead atoms. The second kappa shape index (κ2) is 5.54. The van der Waals surface area contributed by atoms with Crippen molar-refractivity contribution in [1.29, 1.82) is 0 Å². The summed E-state index contributed by atoms with van der Waals surface area (Å²) in [4.78, 5) is 22.8. The molecule has 0 aliphatic rings. The normalized spacial score (nSPS) is 10.1. The maximum atomic E-state index is 12.0. The fourth-order valence-electron chi connectivity index (χ4n) is 1.82. The number of carbonyl (C=O) groups is 2. The first kappa shape index (κ1) is 14.4. The van der Waals surface area contributed by atoms with E-state index in [1.807, 2.05) is 0 Å². The van der Waals surface area contributed by atoms with Crippen molar-refractivity contribution in [2.75, 3.05) is 5.32 Å². The number of phenols is 2. The van der Waals surface area contributed by atoms with E-state index in [0.717, 1.165) is 11.6 Å². The number of hydrogen-bond acceptors (Lipinski definition) is 4. The summed E-state index contributed by atoms with van der Waals surface area (Å²) >= 11 is 0. The minimum absolute atomic E-state index is 0.0943. The highest BCUT2D eigenvalue weighted by molar-refractivity contribution is 6.06. The van der Waals surface area contributed by atoms with Crippen LogP contribution in [0.1, 0.15) is 26.3 Å². The number of phenolic OH excluding ortho intramolecular Hbond substituents is 1. The van der Waals surface area contributed by atoms with Crippen molar-refractivity contribution in [1.82, 2.24) is 0 Å². The molecule has 1 amide bonds. The highest BCUT2D eigenvalue weighted by Gasteiger charge is 2.14. The van der Waals surface area contributed by atoms with Crippen molar-refractivity contribution >= 4 is 17.6 Å². The molecular formula is C15H13NO5. The van der Waals surface area contributed by atoms with E-state index in [4.69, 9.17) is 5.11 Å². The molecule has 2 aromatic carbocycles. The van der Waals surface area contributed by atoms with E-state index in [0.29, 0.717) is 0 Å². The Morgan fingerprint density at radius 3 is 2.29 bits per heavy atom. The zero-order valence-corrected chi connectivity index (χ0v) is 11.1. The lowest BCUT2D eigenvalue weighted by molar-refractivity contribution is 0.0693. The number of aryl methyl sites for hydroxylation is 1. The Hall–Kier alpha value is -3.02. The summed E-state index contributed by atoms with van der Waals surface area (Å²) in [6.07, 6.45) is 0. The van der Waals surface area contributed by atoms with Gasteiger partial charge in [-0.3, -0.25) is 4.79 Å². The lowest BCUT2D eigenvalue weighted by atomic mass is 10.1. The van der Waals surface area contributed by atoms with Gasteiger partial charge >= 0.3 is 5.97 Å². The summed E-state index contributed by atoms with van der Waals surface area (Å²) in [5, 5.41) is 30.5. The Bertz CT molecular complexity index is 724. The first-order valence-electron chi connectivity index (χ1n) is 6.06. The summed E-state index contributed by atoms with van der Waals surface area (Å²) in [5.41, 5.74) is 0.869. The van der Waals surface area contributed by atoms with Crippen LogP contribution >= 0.6 is 0 Å². The van der Waals surface area contributed by atoms with Crippen LogP contribution in [0.3, 0.4) is 0 Å². The molecule has 0 saturated carbocycles. The molecule has 0 spiro atoms. The number of hydrogen-bond donors (Lipinski definition) is 4. The van der Waals surface area contributed by atoms with Gasteiger partial charge in [0.1, 0.15) is 17.1 Å². The smallest absolute Gasteiger partial charge is 0.339 e. The molecule has 21 heavy (non-hydrogen) atoms. The van der Waals surface area contributed by atoms with Crippen LogP contribution in [0.25, 0.3) is 0 Å². The summed E-state index contributed by atoms with van der Waals surface area (Å²) in [6, 6.07) is 8.27. The predicted molar refractivity (Wildman–Crippen MR) is 75.9 cm³/mol. The third kappa shape index (κ3) is 3.11. The topological polar surface area (TPSA) is 107 Å². The molecule has 108 valence electrons. The summed E-state index contributed by atoms with van der Waals surface area (Å²) in [7, 11) is 0. The van der Waals surface area contributed by atoms with Gasteiger partial charge in [-0.15, -0.1) is 0 Å². The molecule has 0 radical (unpaired) electrons. The lowest BCUT2D eigenvalue weighted by Gasteiger charge is -2.09. The van der Waals surface area contributed by atoms with Crippen LogP contribution in [0.4, 0.5) is 5.69 Å². The number of benzene rings is 2. The molecule has 0 aromatic heterocycles. The summed E-state index contributed by atoms with van der Waals surface area (Å²) < 4.78 is 0. The van der Waals surface area contributed by atoms with Gasteiger partial charge in [0, 0.05) is 11.8 Å². The van der Waals surface area contributed by atoms with Crippen molar-refractivity contribution < 1.29 is 24.9 Å². The van der Waals surface area contributed by atoms with Crippen LogP contribution in [-0.2, 0) is 0 Å². The largest absolute Gasteiger partial charge is 0.507 e. The molecule has 0 aliphatic heterocycles. The van der Waals surface area contributed by atoms with Gasteiger partial charge in [0.05, 0.1) is 5.56 Å². The number of aromatic carboxylic acids is 1. The lowest BCUT2D eigenvalue weighted by Crippen LogP contribution is -2.12. The molecule has 2 aromatic rings. The quantitative estimate of drug-likeness (QED) is 0.693. The monoisotopic (exact) mass is 287 g/mol. The molecule has 6 nitrogen and oxygen atoms in total. The van der Waals surface area contributed by atoms with Gasteiger partial charge in [0.15, 0.2) is 0 Å². The second-order valence-electron chi connectivity index (χ2n) is 4.51. The number of amides is 1. The second-order valence-corrected chi connectivity index (χ2v) is 4.51. The third-order valence-corrected chi connectivity index (χ3v) is 2.88. The highest BCUT2D eigenvalue weighted by Crippen LogP contribution is 2.24. The number of nitrogens with one attached hydrogen (secondary N) is 1. The van der Waals surface area contributed by atoms with E-state index in [-0.39, 0.29) is 22.6 Å². The molecular weight excluding hydrogens is 274 g/mol. The maximum Gasteiger partial charge on any atom is 0.339 e. The molecule has 6 heteroatoms. The average molecular weight is 287 g/mol. The van der Waals surface area contributed by atoms with E-state index in [1.54, 1.807) is 13.0 Å². The third-order valence-electron chi connectivity index (χ3n) is 2.88. The van der Waals surface area contributed by atoms with Crippen LogP contribution in [0.15, 0.2) is 36.4 Å². The Balaban J connectivity index is 2.26. The van der Waals surface area contributed by atoms with Gasteiger partial charge in [0.2, 0.25) is 0 Å². The van der Waals surface area contributed by atoms with E-state index >= 15 is 0 Å². The summed E-state index contributed by atoms with van der Waals surface area (Å²) in [5.74, 6) is -2.43. The van der Waals surface area contributed by atoms with Crippen molar-refractivity contribution in [3.8, 4) is 11.5 Å². The average Bonchev–Trinajstić information content (AvgIpc) is 2.41. The van der Waals surface area contributed by atoms with Crippen molar-refractivity contribution in [2.45, 2.75) is 6.92 Å². The molecule has 0 saturated heterocycles. The molecule has 0 atom stereocenters.